The van der Waals surface area contributed by atoms with Crippen molar-refractivity contribution < 1.29 is 5.11 Å². The first-order valence-corrected chi connectivity index (χ1v) is 5.88. The molecule has 0 heterocycles. The van der Waals surface area contributed by atoms with Crippen molar-refractivity contribution in [1.29, 1.82) is 0 Å². The lowest BCUT2D eigenvalue weighted by molar-refractivity contribution is 0.0431. The van der Waals surface area contributed by atoms with Gasteiger partial charge in [-0.25, -0.2) is 0 Å². The topological polar surface area (TPSA) is 23.5 Å². The molecule has 0 unspecified atom stereocenters. The van der Waals surface area contributed by atoms with Gasteiger partial charge in [0.25, 0.3) is 0 Å². The van der Waals surface area contributed by atoms with E-state index >= 15 is 0 Å². The average Bonchev–Trinajstić information content (AvgIpc) is 2.49. The summed E-state index contributed by atoms with van der Waals surface area (Å²) < 4.78 is 0. The van der Waals surface area contributed by atoms with E-state index in [1.807, 2.05) is 13.8 Å². The summed E-state index contributed by atoms with van der Waals surface area (Å²) in [6.07, 6.45) is 7.03. The molecule has 1 fully saturated rings. The molecular formula is C12H25NO. The first kappa shape index (κ1) is 12.0. The van der Waals surface area contributed by atoms with Gasteiger partial charge in [-0.05, 0) is 39.8 Å². The van der Waals surface area contributed by atoms with Crippen molar-refractivity contribution >= 4 is 0 Å². The van der Waals surface area contributed by atoms with Gasteiger partial charge in [-0.3, -0.25) is 0 Å². The van der Waals surface area contributed by atoms with Gasteiger partial charge >= 0.3 is 0 Å². The van der Waals surface area contributed by atoms with E-state index in [0.717, 1.165) is 19.0 Å². The summed E-state index contributed by atoms with van der Waals surface area (Å²) in [5.41, 5.74) is -0.551. The molecule has 0 aromatic heterocycles. The van der Waals surface area contributed by atoms with Crippen LogP contribution in [0, 0.1) is 5.92 Å². The van der Waals surface area contributed by atoms with Crippen LogP contribution in [0.1, 0.15) is 46.0 Å². The van der Waals surface area contributed by atoms with Gasteiger partial charge in [-0.2, -0.15) is 0 Å². The standard InChI is InChI=1S/C12H25NO/c1-12(2,14)10-13(3)9-8-11-6-4-5-7-11/h11,14H,4-10H2,1-3H3. The van der Waals surface area contributed by atoms with E-state index in [1.54, 1.807) is 0 Å². The molecule has 1 rings (SSSR count). The Hall–Kier alpha value is -0.0800. The third kappa shape index (κ3) is 4.97. The molecular weight excluding hydrogens is 174 g/mol. The number of aliphatic hydroxyl groups is 1. The highest BCUT2D eigenvalue weighted by atomic mass is 16.3. The van der Waals surface area contributed by atoms with Crippen LogP contribution in [-0.2, 0) is 0 Å². The first-order chi connectivity index (χ1) is 6.47. The highest BCUT2D eigenvalue weighted by molar-refractivity contribution is 4.72. The Labute approximate surface area is 88.3 Å². The van der Waals surface area contributed by atoms with Gasteiger partial charge in [-0.15, -0.1) is 0 Å². The molecule has 84 valence electrons. The second kappa shape index (κ2) is 5.13. The van der Waals surface area contributed by atoms with Crippen LogP contribution >= 0.6 is 0 Å². The minimum absolute atomic E-state index is 0.551. The van der Waals surface area contributed by atoms with Crippen LogP contribution in [0.25, 0.3) is 0 Å². The molecule has 0 aliphatic heterocycles. The van der Waals surface area contributed by atoms with Crippen LogP contribution in [-0.4, -0.2) is 35.7 Å². The summed E-state index contributed by atoms with van der Waals surface area (Å²) in [6, 6.07) is 0. The van der Waals surface area contributed by atoms with Crippen molar-refractivity contribution in [3.05, 3.63) is 0 Å². The fourth-order valence-electron chi connectivity index (χ4n) is 2.44. The Morgan fingerprint density at radius 2 is 1.86 bits per heavy atom. The maximum Gasteiger partial charge on any atom is 0.0718 e. The van der Waals surface area contributed by atoms with Crippen molar-refractivity contribution in [2.75, 3.05) is 20.1 Å². The Balaban J connectivity index is 2.11. The maximum absolute atomic E-state index is 9.64. The van der Waals surface area contributed by atoms with Crippen LogP contribution in [0.3, 0.4) is 0 Å². The summed E-state index contributed by atoms with van der Waals surface area (Å²) in [4.78, 5) is 2.25. The zero-order chi connectivity index (χ0) is 10.6. The maximum atomic E-state index is 9.64. The third-order valence-corrected chi connectivity index (χ3v) is 3.05. The summed E-state index contributed by atoms with van der Waals surface area (Å²) in [6.45, 7) is 5.66. The van der Waals surface area contributed by atoms with Gasteiger partial charge in [0.15, 0.2) is 0 Å². The van der Waals surface area contributed by atoms with Crippen LogP contribution < -0.4 is 0 Å². The van der Waals surface area contributed by atoms with Crippen molar-refractivity contribution in [2.45, 2.75) is 51.6 Å². The monoisotopic (exact) mass is 199 g/mol. The highest BCUT2D eigenvalue weighted by Crippen LogP contribution is 2.27. The molecule has 1 aliphatic rings. The SMILES string of the molecule is CN(CCC1CCCC1)CC(C)(C)O. The summed E-state index contributed by atoms with van der Waals surface area (Å²) in [5.74, 6) is 0.958. The lowest BCUT2D eigenvalue weighted by atomic mass is 10.0. The minimum atomic E-state index is -0.551. The highest BCUT2D eigenvalue weighted by Gasteiger charge is 2.18. The van der Waals surface area contributed by atoms with E-state index in [-0.39, 0.29) is 0 Å². The molecule has 1 saturated carbocycles. The largest absolute Gasteiger partial charge is 0.389 e. The second-order valence-electron chi connectivity index (χ2n) is 5.49. The molecule has 0 bridgehead atoms. The van der Waals surface area contributed by atoms with Crippen LogP contribution in [0.5, 0.6) is 0 Å². The zero-order valence-electron chi connectivity index (χ0n) is 9.92. The molecule has 0 radical (unpaired) electrons. The minimum Gasteiger partial charge on any atom is -0.389 e. The normalized spacial score (nSPS) is 19.5. The number of nitrogens with zero attached hydrogens (tertiary/aromatic N) is 1. The van der Waals surface area contributed by atoms with Gasteiger partial charge in [-0.1, -0.05) is 25.7 Å². The summed E-state index contributed by atoms with van der Waals surface area (Å²) in [5, 5.41) is 9.64. The van der Waals surface area contributed by atoms with Gasteiger partial charge < -0.3 is 10.0 Å². The number of rotatable bonds is 5. The van der Waals surface area contributed by atoms with Crippen molar-refractivity contribution in [3.63, 3.8) is 0 Å². The Kier molecular flexibility index (Phi) is 4.39. The summed E-state index contributed by atoms with van der Waals surface area (Å²) >= 11 is 0. The van der Waals surface area contributed by atoms with E-state index < -0.39 is 5.60 Å². The fourth-order valence-corrected chi connectivity index (χ4v) is 2.44. The molecule has 2 heteroatoms. The molecule has 14 heavy (non-hydrogen) atoms. The Bertz CT molecular complexity index is 156. The van der Waals surface area contributed by atoms with E-state index in [2.05, 4.69) is 11.9 Å². The fraction of sp³-hybridized carbons (Fsp3) is 1.00. The van der Waals surface area contributed by atoms with Crippen LogP contribution in [0.15, 0.2) is 0 Å². The van der Waals surface area contributed by atoms with Crippen LogP contribution in [0.4, 0.5) is 0 Å². The second-order valence-corrected chi connectivity index (χ2v) is 5.49. The van der Waals surface area contributed by atoms with Crippen LogP contribution in [0.2, 0.25) is 0 Å². The predicted molar refractivity (Wildman–Crippen MR) is 60.4 cm³/mol. The molecule has 0 saturated heterocycles. The van der Waals surface area contributed by atoms with E-state index in [0.29, 0.717) is 0 Å². The molecule has 0 aromatic rings. The Morgan fingerprint density at radius 3 is 2.36 bits per heavy atom. The van der Waals surface area contributed by atoms with Crippen molar-refractivity contribution in [3.8, 4) is 0 Å². The van der Waals surface area contributed by atoms with Gasteiger partial charge in [0, 0.05) is 6.54 Å². The molecule has 0 amide bonds. The zero-order valence-corrected chi connectivity index (χ0v) is 9.92. The molecule has 2 nitrogen and oxygen atoms in total. The van der Waals surface area contributed by atoms with Gasteiger partial charge in [0.2, 0.25) is 0 Å². The molecule has 0 aromatic carbocycles. The quantitative estimate of drug-likeness (QED) is 0.734. The molecule has 1 N–H and O–H groups in total. The number of likely N-dealkylation sites (N-methyl/N-ethyl adjacent to an activating group) is 1. The number of hydrogen-bond donors (Lipinski definition) is 1. The third-order valence-electron chi connectivity index (χ3n) is 3.05. The molecule has 0 spiro atoms. The van der Waals surface area contributed by atoms with Crippen molar-refractivity contribution in [1.82, 2.24) is 4.90 Å². The number of hydrogen-bond acceptors (Lipinski definition) is 2. The average molecular weight is 199 g/mol. The molecule has 0 atom stereocenters. The Morgan fingerprint density at radius 1 is 1.29 bits per heavy atom. The van der Waals surface area contributed by atoms with Crippen molar-refractivity contribution in [2.24, 2.45) is 5.92 Å². The smallest absolute Gasteiger partial charge is 0.0718 e. The summed E-state index contributed by atoms with van der Waals surface area (Å²) in [7, 11) is 2.10. The van der Waals surface area contributed by atoms with E-state index in [4.69, 9.17) is 0 Å². The molecule has 1 aliphatic carbocycles. The van der Waals surface area contributed by atoms with E-state index in [9.17, 15) is 5.11 Å². The lowest BCUT2D eigenvalue weighted by Gasteiger charge is -2.26. The van der Waals surface area contributed by atoms with E-state index in [1.165, 1.54) is 32.1 Å². The predicted octanol–water partition coefficient (Wildman–Crippen LogP) is 2.27. The first-order valence-electron chi connectivity index (χ1n) is 5.88. The van der Waals surface area contributed by atoms with Gasteiger partial charge in [0.05, 0.1) is 5.60 Å². The van der Waals surface area contributed by atoms with Gasteiger partial charge in [0.1, 0.15) is 0 Å². The lowest BCUT2D eigenvalue weighted by Crippen LogP contribution is -2.37.